The van der Waals surface area contributed by atoms with Crippen LogP contribution >= 0.6 is 22.7 Å². The van der Waals surface area contributed by atoms with Crippen molar-refractivity contribution in [3.05, 3.63) is 38.9 Å². The molecule has 0 spiro atoms. The minimum absolute atomic E-state index is 0.956. The zero-order chi connectivity index (χ0) is 10.7. The van der Waals surface area contributed by atoms with Crippen molar-refractivity contribution < 1.29 is 4.74 Å². The molecule has 15 heavy (non-hydrogen) atoms. The van der Waals surface area contributed by atoms with Crippen LogP contribution in [0.15, 0.2) is 24.3 Å². The van der Waals surface area contributed by atoms with Crippen LogP contribution in [0, 0.1) is 6.92 Å². The monoisotopic (exact) mass is 236 g/mol. The molecule has 0 aliphatic heterocycles. The van der Waals surface area contributed by atoms with Gasteiger partial charge in [0.2, 0.25) is 0 Å². The lowest BCUT2D eigenvalue weighted by molar-refractivity contribution is 0.427. The second kappa shape index (κ2) is 4.64. The van der Waals surface area contributed by atoms with Gasteiger partial charge in [-0.05, 0) is 43.3 Å². The highest BCUT2D eigenvalue weighted by molar-refractivity contribution is 7.15. The van der Waals surface area contributed by atoms with E-state index in [4.69, 9.17) is 4.74 Å². The average Bonchev–Trinajstić information content (AvgIpc) is 2.83. The lowest BCUT2D eigenvalue weighted by Crippen LogP contribution is -1.73. The molecular weight excluding hydrogens is 224 g/mol. The minimum Gasteiger partial charge on any atom is -0.487 e. The number of hydrogen-bond donors (Lipinski definition) is 0. The molecule has 0 amide bonds. The van der Waals surface area contributed by atoms with Crippen molar-refractivity contribution in [3.63, 3.8) is 0 Å². The first-order valence-corrected chi connectivity index (χ1v) is 6.29. The van der Waals surface area contributed by atoms with Crippen LogP contribution < -0.4 is 4.74 Å². The van der Waals surface area contributed by atoms with Crippen LogP contribution in [-0.2, 0) is 0 Å². The van der Waals surface area contributed by atoms with Gasteiger partial charge in [-0.25, -0.2) is 0 Å². The molecule has 1 nitrogen and oxygen atoms in total. The van der Waals surface area contributed by atoms with Crippen LogP contribution in [0.3, 0.4) is 0 Å². The van der Waals surface area contributed by atoms with Crippen molar-refractivity contribution >= 4 is 34.8 Å². The fraction of sp³-hybridized carbons (Fsp3) is 0.167. The molecule has 3 heteroatoms. The van der Waals surface area contributed by atoms with Gasteiger partial charge in [-0.1, -0.05) is 11.3 Å². The standard InChI is InChI=1S/C12H12OS2/c1-9-3-4-10(14-9)5-6-11-7-8-12(13-2)15-11/h3-8H,1-2H3/b6-5+. The van der Waals surface area contributed by atoms with Gasteiger partial charge in [0, 0.05) is 14.6 Å². The van der Waals surface area contributed by atoms with Crippen LogP contribution in [0.4, 0.5) is 0 Å². The number of rotatable bonds is 3. The Labute approximate surface area is 97.7 Å². The largest absolute Gasteiger partial charge is 0.487 e. The highest BCUT2D eigenvalue weighted by Gasteiger charge is 1.96. The van der Waals surface area contributed by atoms with E-state index in [0.717, 1.165) is 5.06 Å². The molecule has 0 aromatic carbocycles. The first-order valence-electron chi connectivity index (χ1n) is 4.66. The molecule has 2 aromatic heterocycles. The van der Waals surface area contributed by atoms with Crippen molar-refractivity contribution in [2.75, 3.05) is 7.11 Å². The summed E-state index contributed by atoms with van der Waals surface area (Å²) in [6.07, 6.45) is 4.27. The Morgan fingerprint density at radius 2 is 1.67 bits per heavy atom. The first kappa shape index (κ1) is 10.5. The molecule has 78 valence electrons. The summed E-state index contributed by atoms with van der Waals surface area (Å²) in [6, 6.07) is 8.34. The zero-order valence-corrected chi connectivity index (χ0v) is 10.3. The fourth-order valence-corrected chi connectivity index (χ4v) is 2.74. The molecule has 0 aliphatic rings. The Morgan fingerprint density at radius 1 is 1.00 bits per heavy atom. The maximum absolute atomic E-state index is 5.14. The van der Waals surface area contributed by atoms with Crippen LogP contribution in [0.1, 0.15) is 14.6 Å². The summed E-state index contributed by atoms with van der Waals surface area (Å²) in [6.45, 7) is 2.12. The van der Waals surface area contributed by atoms with E-state index in [0.29, 0.717) is 0 Å². The van der Waals surface area contributed by atoms with E-state index in [1.54, 1.807) is 29.8 Å². The van der Waals surface area contributed by atoms with Gasteiger partial charge < -0.3 is 4.74 Å². The Bertz CT molecular complexity index is 465. The van der Waals surface area contributed by atoms with Gasteiger partial charge in [-0.2, -0.15) is 0 Å². The van der Waals surface area contributed by atoms with E-state index in [2.05, 4.69) is 37.3 Å². The highest BCUT2D eigenvalue weighted by atomic mass is 32.1. The third-order valence-corrected chi connectivity index (χ3v) is 3.95. The Kier molecular flexibility index (Phi) is 3.23. The van der Waals surface area contributed by atoms with Gasteiger partial charge in [-0.15, -0.1) is 11.3 Å². The molecule has 0 aliphatic carbocycles. The van der Waals surface area contributed by atoms with Gasteiger partial charge in [0.25, 0.3) is 0 Å². The van der Waals surface area contributed by atoms with Crippen molar-refractivity contribution in [2.45, 2.75) is 6.92 Å². The molecule has 0 bridgehead atoms. The van der Waals surface area contributed by atoms with Gasteiger partial charge in [-0.3, -0.25) is 0 Å². The Balaban J connectivity index is 2.11. The highest BCUT2D eigenvalue weighted by Crippen LogP contribution is 2.26. The molecule has 2 aromatic rings. The molecule has 0 unspecified atom stereocenters. The van der Waals surface area contributed by atoms with Crippen LogP contribution in [0.2, 0.25) is 0 Å². The summed E-state index contributed by atoms with van der Waals surface area (Å²) in [4.78, 5) is 3.86. The van der Waals surface area contributed by atoms with E-state index in [1.807, 2.05) is 6.07 Å². The molecule has 0 atom stereocenters. The third kappa shape index (κ3) is 2.70. The number of hydrogen-bond acceptors (Lipinski definition) is 3. The summed E-state index contributed by atoms with van der Waals surface area (Å²) in [5, 5.41) is 0.956. The molecule has 0 saturated heterocycles. The second-order valence-corrected chi connectivity index (χ2v) is 5.54. The number of thiophene rings is 2. The third-order valence-electron chi connectivity index (χ3n) is 1.98. The minimum atomic E-state index is 0.956. The summed E-state index contributed by atoms with van der Waals surface area (Å²) >= 11 is 3.46. The van der Waals surface area contributed by atoms with E-state index in [1.165, 1.54) is 14.6 Å². The van der Waals surface area contributed by atoms with Crippen LogP contribution in [0.25, 0.3) is 12.2 Å². The lowest BCUT2D eigenvalue weighted by Gasteiger charge is -1.88. The van der Waals surface area contributed by atoms with Gasteiger partial charge in [0.15, 0.2) is 5.06 Å². The summed E-state index contributed by atoms with van der Waals surface area (Å²) < 4.78 is 5.14. The summed E-state index contributed by atoms with van der Waals surface area (Å²) in [7, 11) is 1.70. The van der Waals surface area contributed by atoms with E-state index >= 15 is 0 Å². The van der Waals surface area contributed by atoms with Crippen molar-refractivity contribution in [2.24, 2.45) is 0 Å². The van der Waals surface area contributed by atoms with Crippen molar-refractivity contribution in [3.8, 4) is 5.06 Å². The van der Waals surface area contributed by atoms with Gasteiger partial charge >= 0.3 is 0 Å². The smallest absolute Gasteiger partial charge is 0.173 e. The number of aryl methyl sites for hydroxylation is 1. The number of methoxy groups -OCH3 is 1. The number of ether oxygens (including phenoxy) is 1. The van der Waals surface area contributed by atoms with E-state index in [9.17, 15) is 0 Å². The molecule has 2 heterocycles. The van der Waals surface area contributed by atoms with E-state index in [-0.39, 0.29) is 0 Å². The zero-order valence-electron chi connectivity index (χ0n) is 8.69. The summed E-state index contributed by atoms with van der Waals surface area (Å²) in [5.41, 5.74) is 0. The predicted octanol–water partition coefficient (Wildman–Crippen LogP) is 4.30. The van der Waals surface area contributed by atoms with E-state index < -0.39 is 0 Å². The first-order chi connectivity index (χ1) is 7.28. The molecule has 0 N–H and O–H groups in total. The van der Waals surface area contributed by atoms with Crippen molar-refractivity contribution in [1.29, 1.82) is 0 Å². The average molecular weight is 236 g/mol. The molecular formula is C12H12OS2. The van der Waals surface area contributed by atoms with Crippen LogP contribution in [0.5, 0.6) is 5.06 Å². The molecule has 0 radical (unpaired) electrons. The summed E-state index contributed by atoms with van der Waals surface area (Å²) in [5.74, 6) is 0. The maximum Gasteiger partial charge on any atom is 0.173 e. The maximum atomic E-state index is 5.14. The predicted molar refractivity (Wildman–Crippen MR) is 68.9 cm³/mol. The molecule has 0 fully saturated rings. The lowest BCUT2D eigenvalue weighted by atomic mass is 10.3. The fourth-order valence-electron chi connectivity index (χ4n) is 1.24. The normalized spacial score (nSPS) is 11.1. The van der Waals surface area contributed by atoms with Gasteiger partial charge in [0.1, 0.15) is 0 Å². The quantitative estimate of drug-likeness (QED) is 0.772. The topological polar surface area (TPSA) is 9.23 Å². The van der Waals surface area contributed by atoms with Gasteiger partial charge in [0.05, 0.1) is 7.11 Å². The van der Waals surface area contributed by atoms with Crippen LogP contribution in [-0.4, -0.2) is 7.11 Å². The molecule has 0 saturated carbocycles. The van der Waals surface area contributed by atoms with Crippen molar-refractivity contribution in [1.82, 2.24) is 0 Å². The second-order valence-electron chi connectivity index (χ2n) is 3.14. The Hall–Kier alpha value is -1.06. The Morgan fingerprint density at radius 3 is 2.20 bits per heavy atom. The SMILES string of the molecule is COc1ccc(/C=C/c2ccc(C)s2)s1. The molecule has 2 rings (SSSR count).